The van der Waals surface area contributed by atoms with Crippen LogP contribution < -0.4 is 0 Å². The third kappa shape index (κ3) is 4.86. The number of hydrogen-bond acceptors (Lipinski definition) is 1. The van der Waals surface area contributed by atoms with Gasteiger partial charge >= 0.3 is 0 Å². The molecule has 1 fully saturated rings. The number of aliphatic hydroxyl groups excluding tert-OH is 1. The van der Waals surface area contributed by atoms with Crippen LogP contribution in [0.3, 0.4) is 0 Å². The summed E-state index contributed by atoms with van der Waals surface area (Å²) in [7, 11) is 0. The average Bonchev–Trinajstić information content (AvgIpc) is 2.27. The van der Waals surface area contributed by atoms with Crippen molar-refractivity contribution in [2.75, 3.05) is 0 Å². The summed E-state index contributed by atoms with van der Waals surface area (Å²) in [5.74, 6) is 2.29. The van der Waals surface area contributed by atoms with Gasteiger partial charge in [0.25, 0.3) is 0 Å². The third-order valence-corrected chi connectivity index (χ3v) is 4.17. The van der Waals surface area contributed by atoms with Crippen LogP contribution in [-0.2, 0) is 0 Å². The molecule has 1 N–H and O–H groups in total. The van der Waals surface area contributed by atoms with Crippen LogP contribution in [0.15, 0.2) is 0 Å². The van der Waals surface area contributed by atoms with E-state index in [1.54, 1.807) is 0 Å². The van der Waals surface area contributed by atoms with Gasteiger partial charge in [-0.1, -0.05) is 46.5 Å². The zero-order chi connectivity index (χ0) is 12.0. The topological polar surface area (TPSA) is 20.2 Å². The fourth-order valence-corrected chi connectivity index (χ4v) is 3.01. The van der Waals surface area contributed by atoms with Gasteiger partial charge < -0.3 is 5.11 Å². The first-order valence-corrected chi connectivity index (χ1v) is 7.31. The van der Waals surface area contributed by atoms with Crippen molar-refractivity contribution in [1.82, 2.24) is 0 Å². The minimum absolute atomic E-state index is 0.0232. The second-order valence-corrected chi connectivity index (χ2v) is 6.11. The van der Waals surface area contributed by atoms with Gasteiger partial charge in [-0.25, -0.2) is 0 Å². The van der Waals surface area contributed by atoms with Crippen molar-refractivity contribution in [2.45, 2.75) is 78.2 Å². The van der Waals surface area contributed by atoms with Crippen molar-refractivity contribution < 1.29 is 5.11 Å². The van der Waals surface area contributed by atoms with E-state index in [1.807, 2.05) is 0 Å². The van der Waals surface area contributed by atoms with E-state index in [2.05, 4.69) is 20.8 Å². The van der Waals surface area contributed by atoms with E-state index in [9.17, 15) is 5.11 Å². The van der Waals surface area contributed by atoms with Crippen LogP contribution in [-0.4, -0.2) is 11.2 Å². The van der Waals surface area contributed by atoms with Crippen molar-refractivity contribution >= 4 is 0 Å². The third-order valence-electron chi connectivity index (χ3n) is 4.17. The second kappa shape index (κ2) is 7.32. The largest absolute Gasteiger partial charge is 0.393 e. The average molecular weight is 226 g/mol. The molecule has 16 heavy (non-hydrogen) atoms. The van der Waals surface area contributed by atoms with Crippen molar-refractivity contribution in [2.24, 2.45) is 17.8 Å². The van der Waals surface area contributed by atoms with Gasteiger partial charge in [0.2, 0.25) is 0 Å². The Morgan fingerprint density at radius 2 is 1.69 bits per heavy atom. The molecule has 96 valence electrons. The molecule has 1 rings (SSSR count). The molecule has 0 aromatic heterocycles. The van der Waals surface area contributed by atoms with Crippen LogP contribution in [0.1, 0.15) is 72.1 Å². The molecule has 0 bridgehead atoms. The van der Waals surface area contributed by atoms with Crippen molar-refractivity contribution in [3.8, 4) is 0 Å². The van der Waals surface area contributed by atoms with E-state index in [-0.39, 0.29) is 6.10 Å². The van der Waals surface area contributed by atoms with Gasteiger partial charge in [-0.2, -0.15) is 0 Å². The lowest BCUT2D eigenvalue weighted by molar-refractivity contribution is 0.0614. The Labute approximate surface area is 102 Å². The molecule has 1 aliphatic rings. The van der Waals surface area contributed by atoms with Gasteiger partial charge in [-0.05, 0) is 43.4 Å². The van der Waals surface area contributed by atoms with Gasteiger partial charge in [-0.15, -0.1) is 0 Å². The molecule has 0 aromatic carbocycles. The summed E-state index contributed by atoms with van der Waals surface area (Å²) in [5.41, 5.74) is 0. The lowest BCUT2D eigenvalue weighted by atomic mass is 9.77. The summed E-state index contributed by atoms with van der Waals surface area (Å²) in [5, 5.41) is 10.1. The lowest BCUT2D eigenvalue weighted by Crippen LogP contribution is -2.26. The van der Waals surface area contributed by atoms with Crippen LogP contribution in [0.25, 0.3) is 0 Å². The maximum absolute atomic E-state index is 10.1. The highest BCUT2D eigenvalue weighted by Gasteiger charge is 2.25. The van der Waals surface area contributed by atoms with Gasteiger partial charge in [0, 0.05) is 0 Å². The Balaban J connectivity index is 2.19. The molecule has 1 nitrogen and oxygen atoms in total. The first kappa shape index (κ1) is 14.0. The van der Waals surface area contributed by atoms with E-state index in [4.69, 9.17) is 0 Å². The standard InChI is InChI=1S/C15H30O/c1-4-5-13-7-9-14(10-8-13)15(16)11-6-12(2)3/h12-16H,4-11H2,1-3H3. The molecule has 1 aliphatic carbocycles. The quantitative estimate of drug-likeness (QED) is 0.712. The normalized spacial score (nSPS) is 28.3. The second-order valence-electron chi connectivity index (χ2n) is 6.11. The van der Waals surface area contributed by atoms with Crippen LogP contribution >= 0.6 is 0 Å². The summed E-state index contributed by atoms with van der Waals surface area (Å²) in [6, 6.07) is 0. The highest BCUT2D eigenvalue weighted by molar-refractivity contribution is 4.77. The first-order valence-electron chi connectivity index (χ1n) is 7.31. The Kier molecular flexibility index (Phi) is 6.41. The predicted octanol–water partition coefficient (Wildman–Crippen LogP) is 4.39. The monoisotopic (exact) mass is 226 g/mol. The first-order chi connectivity index (χ1) is 7.63. The highest BCUT2D eigenvalue weighted by Crippen LogP contribution is 2.34. The van der Waals surface area contributed by atoms with E-state index in [0.717, 1.165) is 18.3 Å². The van der Waals surface area contributed by atoms with E-state index in [0.29, 0.717) is 5.92 Å². The molecule has 1 saturated carbocycles. The molecule has 0 aliphatic heterocycles. The van der Waals surface area contributed by atoms with E-state index < -0.39 is 0 Å². The van der Waals surface area contributed by atoms with Gasteiger partial charge in [-0.3, -0.25) is 0 Å². The molecule has 1 heteroatoms. The summed E-state index contributed by atoms with van der Waals surface area (Å²) >= 11 is 0. The van der Waals surface area contributed by atoms with Crippen LogP contribution in [0.2, 0.25) is 0 Å². The number of hydrogen-bond donors (Lipinski definition) is 1. The van der Waals surface area contributed by atoms with Gasteiger partial charge in [0.05, 0.1) is 6.10 Å². The molecular weight excluding hydrogens is 196 g/mol. The molecule has 0 radical (unpaired) electrons. The summed E-state index contributed by atoms with van der Waals surface area (Å²) in [6.45, 7) is 6.76. The molecule has 0 aromatic rings. The molecular formula is C15H30O. The fourth-order valence-electron chi connectivity index (χ4n) is 3.01. The molecule has 0 spiro atoms. The molecule has 1 unspecified atom stereocenters. The Morgan fingerprint density at radius 3 is 2.19 bits per heavy atom. The van der Waals surface area contributed by atoms with E-state index in [1.165, 1.54) is 44.9 Å². The summed E-state index contributed by atoms with van der Waals surface area (Å²) < 4.78 is 0. The number of aliphatic hydroxyl groups is 1. The van der Waals surface area contributed by atoms with Gasteiger partial charge in [0.15, 0.2) is 0 Å². The zero-order valence-electron chi connectivity index (χ0n) is 11.4. The fraction of sp³-hybridized carbons (Fsp3) is 1.00. The van der Waals surface area contributed by atoms with Crippen LogP contribution in [0.5, 0.6) is 0 Å². The van der Waals surface area contributed by atoms with Crippen molar-refractivity contribution in [1.29, 1.82) is 0 Å². The van der Waals surface area contributed by atoms with Crippen LogP contribution in [0, 0.1) is 17.8 Å². The molecule has 0 amide bonds. The van der Waals surface area contributed by atoms with E-state index >= 15 is 0 Å². The molecule has 1 atom stereocenters. The maximum atomic E-state index is 10.1. The smallest absolute Gasteiger partial charge is 0.0568 e. The number of rotatable bonds is 6. The highest BCUT2D eigenvalue weighted by atomic mass is 16.3. The zero-order valence-corrected chi connectivity index (χ0v) is 11.4. The summed E-state index contributed by atoms with van der Waals surface area (Å²) in [6.07, 6.45) is 10.1. The lowest BCUT2D eigenvalue weighted by Gasteiger charge is -2.31. The maximum Gasteiger partial charge on any atom is 0.0568 e. The Morgan fingerprint density at radius 1 is 1.06 bits per heavy atom. The van der Waals surface area contributed by atoms with Crippen LogP contribution in [0.4, 0.5) is 0 Å². The van der Waals surface area contributed by atoms with Crippen molar-refractivity contribution in [3.63, 3.8) is 0 Å². The van der Waals surface area contributed by atoms with Crippen molar-refractivity contribution in [3.05, 3.63) is 0 Å². The molecule has 0 saturated heterocycles. The minimum Gasteiger partial charge on any atom is -0.393 e. The Bertz CT molecular complexity index is 168. The summed E-state index contributed by atoms with van der Waals surface area (Å²) in [4.78, 5) is 0. The Hall–Kier alpha value is -0.0400. The minimum atomic E-state index is -0.0232. The SMILES string of the molecule is CCCC1CCC(C(O)CCC(C)C)CC1. The molecule has 0 heterocycles. The predicted molar refractivity (Wildman–Crippen MR) is 70.4 cm³/mol. The van der Waals surface area contributed by atoms with Gasteiger partial charge in [0.1, 0.15) is 0 Å².